The van der Waals surface area contributed by atoms with Gasteiger partial charge in [-0.1, -0.05) is 36.4 Å². The number of benzene rings is 2. The topological polar surface area (TPSA) is 91.8 Å². The van der Waals surface area contributed by atoms with E-state index < -0.39 is 10.0 Å². The Morgan fingerprint density at radius 2 is 1.88 bits per heavy atom. The normalized spacial score (nSPS) is 13.3. The molecular weight excluding hydrogens is 539 g/mol. The van der Waals surface area contributed by atoms with Crippen molar-refractivity contribution in [3.05, 3.63) is 64.7 Å². The fourth-order valence-corrected chi connectivity index (χ4v) is 5.09. The van der Waals surface area contributed by atoms with Crippen molar-refractivity contribution in [1.82, 2.24) is 15.4 Å². The Morgan fingerprint density at radius 3 is 2.59 bits per heavy atom. The molecule has 1 aliphatic heterocycles. The Labute approximate surface area is 208 Å². The zero-order chi connectivity index (χ0) is 22.3. The van der Waals surface area contributed by atoms with Gasteiger partial charge < -0.3 is 15.4 Å². The maximum absolute atomic E-state index is 12.3. The number of hydrogen-bond acceptors (Lipinski definition) is 4. The van der Waals surface area contributed by atoms with Crippen molar-refractivity contribution in [3.8, 4) is 5.75 Å². The van der Waals surface area contributed by atoms with Crippen molar-refractivity contribution in [2.24, 2.45) is 4.99 Å². The lowest BCUT2D eigenvalue weighted by molar-refractivity contribution is 0.357. The third kappa shape index (κ3) is 7.93. The molecule has 0 saturated carbocycles. The number of hydrogen-bond donors (Lipinski definition) is 3. The summed E-state index contributed by atoms with van der Waals surface area (Å²) in [5.74, 6) is 1.64. The van der Waals surface area contributed by atoms with Crippen molar-refractivity contribution in [1.29, 1.82) is 0 Å². The number of sulfonamides is 1. The molecule has 0 bridgehead atoms. The van der Waals surface area contributed by atoms with E-state index in [1.165, 1.54) is 11.1 Å². The molecule has 7 nitrogen and oxygen atoms in total. The lowest BCUT2D eigenvalue weighted by Gasteiger charge is -2.15. The fourth-order valence-electron chi connectivity index (χ4n) is 3.60. The molecule has 32 heavy (non-hydrogen) atoms. The smallest absolute Gasteiger partial charge is 0.216 e. The highest BCUT2D eigenvalue weighted by Crippen LogP contribution is 2.25. The molecular formula is C23H33IN4O3S. The summed E-state index contributed by atoms with van der Waals surface area (Å²) < 4.78 is 32.9. The third-order valence-electron chi connectivity index (χ3n) is 5.01. The number of ether oxygens (including phenoxy) is 1. The predicted octanol–water partition coefficient (Wildman–Crippen LogP) is 2.98. The van der Waals surface area contributed by atoms with Crippen LogP contribution in [0.1, 0.15) is 36.1 Å². The maximum atomic E-state index is 12.3. The summed E-state index contributed by atoms with van der Waals surface area (Å²) in [5, 5.41) is 6.61. The highest BCUT2D eigenvalue weighted by Gasteiger charge is 2.15. The highest BCUT2D eigenvalue weighted by atomic mass is 127. The second kappa shape index (κ2) is 12.4. The molecule has 0 amide bonds. The van der Waals surface area contributed by atoms with Gasteiger partial charge in [-0.15, -0.1) is 24.0 Å². The summed E-state index contributed by atoms with van der Waals surface area (Å²) in [6, 6.07) is 13.8. The van der Waals surface area contributed by atoms with Crippen LogP contribution < -0.4 is 20.1 Å². The van der Waals surface area contributed by atoms with Crippen LogP contribution in [-0.2, 0) is 35.2 Å². The second-order valence-corrected chi connectivity index (χ2v) is 9.70. The average molecular weight is 573 g/mol. The Balaban J connectivity index is 0.00000363. The minimum absolute atomic E-state index is 0. The van der Waals surface area contributed by atoms with E-state index >= 15 is 0 Å². The van der Waals surface area contributed by atoms with Crippen LogP contribution in [0.2, 0.25) is 0 Å². The number of nitrogens with zero attached hydrogens (tertiary/aromatic N) is 1. The molecule has 0 atom stereocenters. The molecule has 1 heterocycles. The molecule has 0 aromatic heterocycles. The zero-order valence-corrected chi connectivity index (χ0v) is 22.0. The Kier molecular flexibility index (Phi) is 10.2. The van der Waals surface area contributed by atoms with Crippen LogP contribution in [0.3, 0.4) is 0 Å². The van der Waals surface area contributed by atoms with E-state index in [-0.39, 0.29) is 35.8 Å². The van der Waals surface area contributed by atoms with Crippen LogP contribution >= 0.6 is 24.0 Å². The molecule has 0 spiro atoms. The number of rotatable bonds is 9. The largest absolute Gasteiger partial charge is 0.493 e. The van der Waals surface area contributed by atoms with Crippen LogP contribution in [0.15, 0.2) is 47.5 Å². The fraction of sp³-hybridized carbons (Fsp3) is 0.435. The molecule has 0 fully saturated rings. The van der Waals surface area contributed by atoms with Gasteiger partial charge in [-0.2, -0.15) is 0 Å². The lowest BCUT2D eigenvalue weighted by Crippen LogP contribution is -2.38. The van der Waals surface area contributed by atoms with E-state index in [0.717, 1.165) is 42.9 Å². The van der Waals surface area contributed by atoms with Crippen molar-refractivity contribution >= 4 is 40.0 Å². The summed E-state index contributed by atoms with van der Waals surface area (Å²) >= 11 is 0. The van der Waals surface area contributed by atoms with Gasteiger partial charge in [0.1, 0.15) is 5.75 Å². The summed E-state index contributed by atoms with van der Waals surface area (Å²) in [6.45, 7) is 5.63. The SMILES string of the molecule is CN=C(NCCc1ccc2c(c1)CCO2)NCc1ccccc1CS(=O)(=O)NC(C)C.I. The number of guanidine groups is 1. The first kappa shape index (κ1) is 26.4. The summed E-state index contributed by atoms with van der Waals surface area (Å²) in [4.78, 5) is 4.28. The van der Waals surface area contributed by atoms with Gasteiger partial charge in [0.05, 0.1) is 12.4 Å². The van der Waals surface area contributed by atoms with Gasteiger partial charge in [-0.05, 0) is 48.6 Å². The average Bonchev–Trinajstić information content (AvgIpc) is 3.18. The lowest BCUT2D eigenvalue weighted by atomic mass is 10.1. The summed E-state index contributed by atoms with van der Waals surface area (Å²) in [7, 11) is -1.66. The number of nitrogens with one attached hydrogen (secondary N) is 3. The first-order chi connectivity index (χ1) is 14.9. The summed E-state index contributed by atoms with van der Waals surface area (Å²) in [5.41, 5.74) is 4.25. The molecule has 3 N–H and O–H groups in total. The van der Waals surface area contributed by atoms with E-state index in [1.807, 2.05) is 44.2 Å². The monoisotopic (exact) mass is 572 g/mol. The maximum Gasteiger partial charge on any atom is 0.216 e. The first-order valence-electron chi connectivity index (χ1n) is 10.6. The van der Waals surface area contributed by atoms with Crippen molar-refractivity contribution in [2.45, 2.75) is 45.0 Å². The van der Waals surface area contributed by atoms with Crippen LogP contribution in [-0.4, -0.2) is 40.6 Å². The van der Waals surface area contributed by atoms with Gasteiger partial charge in [0, 0.05) is 32.6 Å². The molecule has 0 unspecified atom stereocenters. The van der Waals surface area contributed by atoms with Gasteiger partial charge in [0.2, 0.25) is 10.0 Å². The molecule has 0 radical (unpaired) electrons. The van der Waals surface area contributed by atoms with E-state index in [0.29, 0.717) is 12.5 Å². The molecule has 3 rings (SSSR count). The van der Waals surface area contributed by atoms with Crippen molar-refractivity contribution < 1.29 is 13.2 Å². The Hall–Kier alpha value is -1.85. The molecule has 176 valence electrons. The van der Waals surface area contributed by atoms with E-state index in [1.54, 1.807) is 7.05 Å². The van der Waals surface area contributed by atoms with Crippen LogP contribution in [0.25, 0.3) is 0 Å². The molecule has 1 aliphatic rings. The van der Waals surface area contributed by atoms with E-state index in [2.05, 4.69) is 32.5 Å². The molecule has 2 aromatic carbocycles. The predicted molar refractivity (Wildman–Crippen MR) is 140 cm³/mol. The second-order valence-electron chi connectivity index (χ2n) is 7.94. The van der Waals surface area contributed by atoms with Gasteiger partial charge in [0.15, 0.2) is 5.96 Å². The summed E-state index contributed by atoms with van der Waals surface area (Å²) in [6.07, 6.45) is 1.85. The van der Waals surface area contributed by atoms with Crippen LogP contribution in [0.5, 0.6) is 5.75 Å². The number of fused-ring (bicyclic) bond motifs is 1. The molecule has 0 saturated heterocycles. The van der Waals surface area contributed by atoms with Crippen molar-refractivity contribution in [3.63, 3.8) is 0 Å². The van der Waals surface area contributed by atoms with Crippen molar-refractivity contribution in [2.75, 3.05) is 20.2 Å². The van der Waals surface area contributed by atoms with Gasteiger partial charge in [-0.25, -0.2) is 13.1 Å². The van der Waals surface area contributed by atoms with Gasteiger partial charge >= 0.3 is 0 Å². The Bertz CT molecular complexity index is 1030. The highest BCUT2D eigenvalue weighted by molar-refractivity contribution is 14.0. The molecule has 9 heteroatoms. The third-order valence-corrected chi connectivity index (χ3v) is 6.53. The minimum atomic E-state index is -3.38. The molecule has 0 aliphatic carbocycles. The van der Waals surface area contributed by atoms with Gasteiger partial charge in [0.25, 0.3) is 0 Å². The van der Waals surface area contributed by atoms with E-state index in [4.69, 9.17) is 4.74 Å². The minimum Gasteiger partial charge on any atom is -0.493 e. The van der Waals surface area contributed by atoms with E-state index in [9.17, 15) is 8.42 Å². The van der Waals surface area contributed by atoms with Gasteiger partial charge in [-0.3, -0.25) is 4.99 Å². The molecule has 2 aromatic rings. The van der Waals surface area contributed by atoms with Crippen LogP contribution in [0.4, 0.5) is 0 Å². The Morgan fingerprint density at radius 1 is 1.12 bits per heavy atom. The standard InChI is InChI=1S/C23H32N4O3S.HI/c1-17(2)27-31(28,29)16-21-7-5-4-6-20(21)15-26-23(24-3)25-12-10-18-8-9-22-19(14-18)11-13-30-22;/h4-9,14,17,27H,10-13,15-16H2,1-3H3,(H2,24,25,26);1H. The van der Waals surface area contributed by atoms with Crippen LogP contribution in [0, 0.1) is 0 Å². The number of aliphatic imine (C=N–C) groups is 1. The quantitative estimate of drug-likeness (QED) is 0.244. The first-order valence-corrected chi connectivity index (χ1v) is 12.3. The zero-order valence-electron chi connectivity index (χ0n) is 18.8. The number of halogens is 1.